The number of nitrogen functional groups attached to an aromatic ring is 1. The summed E-state index contributed by atoms with van der Waals surface area (Å²) in [7, 11) is 1.50. The van der Waals surface area contributed by atoms with Crippen LogP contribution in [0.4, 0.5) is 20.2 Å². The molecular weight excluding hydrogens is 374 g/mol. The molecule has 3 aromatic rings. The minimum atomic E-state index is -0.662. The number of benzene rings is 3. The van der Waals surface area contributed by atoms with Crippen LogP contribution >= 0.6 is 0 Å². The zero-order valence-corrected chi connectivity index (χ0v) is 15.8. The third-order valence-electron chi connectivity index (χ3n) is 4.16. The van der Waals surface area contributed by atoms with Gasteiger partial charge in [-0.25, -0.2) is 8.78 Å². The molecule has 0 fully saturated rings. The van der Waals surface area contributed by atoms with Crippen LogP contribution in [0.5, 0.6) is 11.5 Å². The number of nitrogens with zero attached hydrogens (tertiary/aromatic N) is 1. The van der Waals surface area contributed by atoms with Crippen LogP contribution in [0.3, 0.4) is 0 Å². The lowest BCUT2D eigenvalue weighted by molar-refractivity contribution is 0.273. The van der Waals surface area contributed by atoms with Crippen LogP contribution in [0.2, 0.25) is 0 Å². The second-order valence-electron chi connectivity index (χ2n) is 6.06. The summed E-state index contributed by atoms with van der Waals surface area (Å²) in [5.41, 5.74) is 7.63. The molecular formula is C23H20F2N2O2. The fourth-order valence-electron chi connectivity index (χ4n) is 2.67. The maximum absolute atomic E-state index is 13.9. The zero-order valence-electron chi connectivity index (χ0n) is 15.8. The number of halogens is 2. The van der Waals surface area contributed by atoms with Crippen molar-refractivity contribution in [1.82, 2.24) is 0 Å². The van der Waals surface area contributed by atoms with Crippen molar-refractivity contribution >= 4 is 23.7 Å². The second-order valence-corrected chi connectivity index (χ2v) is 6.06. The van der Waals surface area contributed by atoms with Gasteiger partial charge in [-0.2, -0.15) is 0 Å². The first-order chi connectivity index (χ1) is 14.1. The van der Waals surface area contributed by atoms with E-state index in [9.17, 15) is 8.78 Å². The molecule has 3 aromatic carbocycles. The summed E-state index contributed by atoms with van der Waals surface area (Å²) in [6.45, 7) is -0.269. The van der Waals surface area contributed by atoms with Crippen LogP contribution in [-0.4, -0.2) is 13.3 Å². The van der Waals surface area contributed by atoms with E-state index >= 15 is 0 Å². The van der Waals surface area contributed by atoms with E-state index in [1.54, 1.807) is 42.6 Å². The van der Waals surface area contributed by atoms with Crippen molar-refractivity contribution in [2.24, 2.45) is 4.99 Å². The van der Waals surface area contributed by atoms with Gasteiger partial charge in [0.1, 0.15) is 18.2 Å². The fraction of sp³-hybridized carbons (Fsp3) is 0.0870. The maximum Gasteiger partial charge on any atom is 0.168 e. The second kappa shape index (κ2) is 9.50. The van der Waals surface area contributed by atoms with Crippen LogP contribution in [0.25, 0.3) is 6.08 Å². The SMILES string of the molecule is COc1cccc(/C=C/C=Nc2ccccc2N)c1OCc1c(F)cccc1F. The predicted octanol–water partition coefficient (Wildman–Crippen LogP) is 5.55. The van der Waals surface area contributed by atoms with Crippen molar-refractivity contribution in [3.63, 3.8) is 0 Å². The van der Waals surface area contributed by atoms with Crippen molar-refractivity contribution in [3.05, 3.63) is 89.5 Å². The summed E-state index contributed by atoms with van der Waals surface area (Å²) in [6.07, 6.45) is 5.08. The highest BCUT2D eigenvalue weighted by Crippen LogP contribution is 2.33. The number of ether oxygens (including phenoxy) is 2. The van der Waals surface area contributed by atoms with Crippen LogP contribution in [-0.2, 0) is 6.61 Å². The molecule has 0 unspecified atom stereocenters. The fourth-order valence-corrected chi connectivity index (χ4v) is 2.67. The van der Waals surface area contributed by atoms with Crippen molar-refractivity contribution < 1.29 is 18.3 Å². The molecule has 0 bridgehead atoms. The first kappa shape index (κ1) is 20.1. The quantitative estimate of drug-likeness (QED) is 0.422. The molecule has 0 aliphatic carbocycles. The number of aliphatic imine (C=N–C) groups is 1. The minimum absolute atomic E-state index is 0.144. The Morgan fingerprint density at radius 1 is 0.966 bits per heavy atom. The molecule has 0 heterocycles. The van der Waals surface area contributed by atoms with Gasteiger partial charge in [0.2, 0.25) is 0 Å². The molecule has 0 amide bonds. The number of anilines is 1. The molecule has 2 N–H and O–H groups in total. The summed E-state index contributed by atoms with van der Waals surface area (Å²) >= 11 is 0. The predicted molar refractivity (Wildman–Crippen MR) is 112 cm³/mol. The molecule has 0 aliphatic rings. The van der Waals surface area contributed by atoms with Gasteiger partial charge in [-0.15, -0.1) is 0 Å². The molecule has 0 saturated carbocycles. The highest BCUT2D eigenvalue weighted by molar-refractivity contribution is 5.83. The summed E-state index contributed by atoms with van der Waals surface area (Å²) in [5, 5.41) is 0. The van der Waals surface area contributed by atoms with Crippen molar-refractivity contribution in [2.45, 2.75) is 6.61 Å². The van der Waals surface area contributed by atoms with Crippen LogP contribution < -0.4 is 15.2 Å². The van der Waals surface area contributed by atoms with Gasteiger partial charge in [-0.1, -0.05) is 30.3 Å². The van der Waals surface area contributed by atoms with Crippen molar-refractivity contribution in [2.75, 3.05) is 12.8 Å². The number of hydrogen-bond acceptors (Lipinski definition) is 4. The lowest BCUT2D eigenvalue weighted by Gasteiger charge is -2.14. The smallest absolute Gasteiger partial charge is 0.168 e. The zero-order chi connectivity index (χ0) is 20.6. The van der Waals surface area contributed by atoms with Gasteiger partial charge < -0.3 is 15.2 Å². The number of methoxy groups -OCH3 is 1. The highest BCUT2D eigenvalue weighted by atomic mass is 19.1. The molecule has 4 nitrogen and oxygen atoms in total. The Morgan fingerprint density at radius 2 is 1.69 bits per heavy atom. The Hall–Kier alpha value is -3.67. The third kappa shape index (κ3) is 4.99. The molecule has 0 aliphatic heterocycles. The third-order valence-corrected chi connectivity index (χ3v) is 4.16. The Bertz CT molecular complexity index is 1030. The van der Waals surface area contributed by atoms with Crippen LogP contribution in [0, 0.1) is 11.6 Å². The van der Waals surface area contributed by atoms with Crippen LogP contribution in [0.15, 0.2) is 71.7 Å². The van der Waals surface area contributed by atoms with Gasteiger partial charge in [0.15, 0.2) is 11.5 Å². The van der Waals surface area contributed by atoms with Crippen LogP contribution in [0.1, 0.15) is 11.1 Å². The lowest BCUT2D eigenvalue weighted by atomic mass is 10.1. The molecule has 0 aromatic heterocycles. The first-order valence-electron chi connectivity index (χ1n) is 8.88. The summed E-state index contributed by atoms with van der Waals surface area (Å²) in [5.74, 6) is -0.496. The number of hydrogen-bond donors (Lipinski definition) is 1. The average Bonchev–Trinajstić information content (AvgIpc) is 2.72. The summed E-state index contributed by atoms with van der Waals surface area (Å²) < 4.78 is 38.8. The minimum Gasteiger partial charge on any atom is -0.493 e. The Kier molecular flexibility index (Phi) is 6.58. The average molecular weight is 394 g/mol. The van der Waals surface area contributed by atoms with Gasteiger partial charge in [-0.05, 0) is 42.5 Å². The van der Waals surface area contributed by atoms with Crippen molar-refractivity contribution in [1.29, 1.82) is 0 Å². The van der Waals surface area contributed by atoms with E-state index in [4.69, 9.17) is 15.2 Å². The molecule has 0 atom stereocenters. The van der Waals surface area contributed by atoms with E-state index < -0.39 is 11.6 Å². The number of para-hydroxylation sites is 3. The van der Waals surface area contributed by atoms with Crippen molar-refractivity contribution in [3.8, 4) is 11.5 Å². The highest BCUT2D eigenvalue weighted by Gasteiger charge is 2.13. The van der Waals surface area contributed by atoms with E-state index in [-0.39, 0.29) is 12.2 Å². The maximum atomic E-state index is 13.9. The summed E-state index contributed by atoms with van der Waals surface area (Å²) in [4.78, 5) is 4.30. The number of allylic oxidation sites excluding steroid dienone is 1. The first-order valence-corrected chi connectivity index (χ1v) is 8.88. The molecule has 0 spiro atoms. The van der Waals surface area contributed by atoms with Gasteiger partial charge in [0, 0.05) is 11.8 Å². The molecule has 29 heavy (non-hydrogen) atoms. The molecule has 0 radical (unpaired) electrons. The monoisotopic (exact) mass is 394 g/mol. The topological polar surface area (TPSA) is 56.8 Å². The van der Waals surface area contributed by atoms with E-state index in [1.165, 1.54) is 25.3 Å². The normalized spacial score (nSPS) is 11.3. The number of nitrogens with two attached hydrogens (primary N) is 1. The number of rotatable bonds is 7. The van der Waals surface area contributed by atoms with Gasteiger partial charge >= 0.3 is 0 Å². The van der Waals surface area contributed by atoms with Gasteiger partial charge in [0.25, 0.3) is 0 Å². The van der Waals surface area contributed by atoms with E-state index in [0.717, 1.165) is 0 Å². The van der Waals surface area contributed by atoms with E-state index in [2.05, 4.69) is 4.99 Å². The molecule has 3 rings (SSSR count). The van der Waals surface area contributed by atoms with Gasteiger partial charge in [-0.3, -0.25) is 4.99 Å². The standard InChI is InChI=1S/C23H20F2N2O2/c1-28-22-13-4-7-16(8-6-14-27-21-12-3-2-11-20(21)26)23(22)29-15-17-18(24)9-5-10-19(17)25/h2-14H,15,26H2,1H3/b8-6+,27-14?. The largest absolute Gasteiger partial charge is 0.493 e. The Labute approximate surface area is 167 Å². The Balaban J connectivity index is 1.81. The van der Waals surface area contributed by atoms with Gasteiger partial charge in [0.05, 0.1) is 24.0 Å². The van der Waals surface area contributed by atoms with E-state index in [0.29, 0.717) is 28.4 Å². The Morgan fingerprint density at radius 3 is 2.41 bits per heavy atom. The molecule has 6 heteroatoms. The molecule has 0 saturated heterocycles. The lowest BCUT2D eigenvalue weighted by Crippen LogP contribution is -2.04. The molecule has 148 valence electrons. The summed E-state index contributed by atoms with van der Waals surface area (Å²) in [6, 6.07) is 16.3. The van der Waals surface area contributed by atoms with E-state index in [1.807, 2.05) is 18.2 Å².